The van der Waals surface area contributed by atoms with E-state index in [1.165, 1.54) is 0 Å². The van der Waals surface area contributed by atoms with E-state index < -0.39 is 34.2 Å². The number of hydrogen-bond acceptors (Lipinski definition) is 5. The van der Waals surface area contributed by atoms with Gasteiger partial charge in [-0.15, -0.1) is 0 Å². The summed E-state index contributed by atoms with van der Waals surface area (Å²) in [6.07, 6.45) is 1.07. The van der Waals surface area contributed by atoms with Gasteiger partial charge in [0.2, 0.25) is 0 Å². The van der Waals surface area contributed by atoms with Crippen molar-refractivity contribution in [2.45, 2.75) is 51.6 Å². The zero-order valence-electron chi connectivity index (χ0n) is 12.3. The zero-order valence-corrected chi connectivity index (χ0v) is 12.3. The van der Waals surface area contributed by atoms with Crippen molar-refractivity contribution in [3.05, 3.63) is 11.6 Å². The molecule has 1 heterocycles. The van der Waals surface area contributed by atoms with E-state index in [0.29, 0.717) is 12.8 Å². The van der Waals surface area contributed by atoms with Crippen molar-refractivity contribution >= 4 is 0 Å². The van der Waals surface area contributed by atoms with Gasteiger partial charge in [-0.1, -0.05) is 25.5 Å². The third kappa shape index (κ3) is 1.08. The minimum Gasteiger partial charge on any atom is -0.396 e. The first kappa shape index (κ1) is 14.5. The van der Waals surface area contributed by atoms with Crippen molar-refractivity contribution in [2.75, 3.05) is 13.2 Å². The Morgan fingerprint density at radius 1 is 1.25 bits per heavy atom. The summed E-state index contributed by atoms with van der Waals surface area (Å²) in [5.74, 6) is 0. The summed E-state index contributed by atoms with van der Waals surface area (Å²) >= 11 is 0. The average Bonchev–Trinajstić information content (AvgIpc) is 2.92. The Hall–Kier alpha value is -0.460. The Bertz CT molecular complexity index is 477. The Morgan fingerprint density at radius 2 is 1.90 bits per heavy atom. The molecule has 6 atom stereocenters. The van der Waals surface area contributed by atoms with E-state index in [1.807, 2.05) is 19.9 Å². The van der Waals surface area contributed by atoms with E-state index in [4.69, 9.17) is 4.74 Å². The summed E-state index contributed by atoms with van der Waals surface area (Å²) in [5.41, 5.74) is -2.30. The first-order valence-electron chi connectivity index (χ1n) is 7.19. The van der Waals surface area contributed by atoms with Gasteiger partial charge in [0, 0.05) is 17.3 Å². The molecular weight excluding hydrogens is 260 g/mol. The van der Waals surface area contributed by atoms with Crippen molar-refractivity contribution in [3.63, 3.8) is 0 Å². The van der Waals surface area contributed by atoms with Crippen LogP contribution in [-0.4, -0.2) is 51.6 Å². The predicted octanol–water partition coefficient (Wildman–Crippen LogP) is 0.172. The normalized spacial score (nSPS) is 57.6. The van der Waals surface area contributed by atoms with Gasteiger partial charge < -0.3 is 25.2 Å². The Kier molecular flexibility index (Phi) is 2.78. The predicted molar refractivity (Wildman–Crippen MR) is 71.6 cm³/mol. The van der Waals surface area contributed by atoms with Gasteiger partial charge in [-0.2, -0.15) is 0 Å². The van der Waals surface area contributed by atoms with Crippen molar-refractivity contribution in [3.8, 4) is 0 Å². The second-order valence-electron chi connectivity index (χ2n) is 7.13. The summed E-state index contributed by atoms with van der Waals surface area (Å²) in [5, 5.41) is 41.0. The fourth-order valence-electron chi connectivity index (χ4n) is 5.28. The van der Waals surface area contributed by atoms with E-state index in [1.54, 1.807) is 6.92 Å². The van der Waals surface area contributed by atoms with Crippen molar-refractivity contribution in [1.82, 2.24) is 0 Å². The van der Waals surface area contributed by atoms with Crippen LogP contribution in [-0.2, 0) is 4.74 Å². The van der Waals surface area contributed by atoms with Crippen LogP contribution < -0.4 is 0 Å². The van der Waals surface area contributed by atoms with E-state index >= 15 is 0 Å². The number of hydrogen-bond donors (Lipinski definition) is 4. The molecular formula is C15H24O5. The molecule has 0 aromatic heterocycles. The topological polar surface area (TPSA) is 90.2 Å². The first-order chi connectivity index (χ1) is 9.25. The molecule has 1 aliphatic heterocycles. The molecule has 0 radical (unpaired) electrons. The van der Waals surface area contributed by atoms with Crippen LogP contribution in [0.1, 0.15) is 33.6 Å². The van der Waals surface area contributed by atoms with Crippen LogP contribution >= 0.6 is 0 Å². The number of aliphatic hydroxyl groups excluding tert-OH is 4. The molecule has 3 rings (SSSR count). The maximum absolute atomic E-state index is 11.0. The highest BCUT2D eigenvalue weighted by atomic mass is 16.6. The Balaban J connectivity index is 2.28. The van der Waals surface area contributed by atoms with E-state index in [-0.39, 0.29) is 13.2 Å². The summed E-state index contributed by atoms with van der Waals surface area (Å²) in [6, 6.07) is 0. The molecule has 1 saturated carbocycles. The molecule has 114 valence electrons. The minimum absolute atomic E-state index is 0.212. The molecule has 2 fully saturated rings. The molecule has 0 aromatic carbocycles. The minimum atomic E-state index is -0.942. The van der Waals surface area contributed by atoms with Crippen LogP contribution in [0.2, 0.25) is 0 Å². The average molecular weight is 284 g/mol. The third-order valence-electron chi connectivity index (χ3n) is 6.82. The quantitative estimate of drug-likeness (QED) is 0.543. The molecule has 0 bridgehead atoms. The molecule has 0 aromatic rings. The fourth-order valence-corrected chi connectivity index (χ4v) is 5.28. The smallest absolute Gasteiger partial charge is 0.156 e. The Labute approximate surface area is 118 Å². The molecule has 3 aliphatic rings. The van der Waals surface area contributed by atoms with E-state index in [9.17, 15) is 20.4 Å². The van der Waals surface area contributed by atoms with Crippen LogP contribution in [0.5, 0.6) is 0 Å². The standard InChI is InChI=1S/C15H24O5/c1-9-4-5-15-13(3,8-17)12(2,7-16)11(19)14(9,15)6-10(18)20-15/h4,10-11,16-19H,5-8H2,1-3H3/t10?,11-,12+,13+,14-,15-/m0/s1. The van der Waals surface area contributed by atoms with Gasteiger partial charge in [-0.05, 0) is 13.3 Å². The Morgan fingerprint density at radius 3 is 2.45 bits per heavy atom. The van der Waals surface area contributed by atoms with Crippen molar-refractivity contribution < 1.29 is 25.2 Å². The molecule has 20 heavy (non-hydrogen) atoms. The van der Waals surface area contributed by atoms with E-state index in [2.05, 4.69) is 0 Å². The SMILES string of the molecule is CC1=CC[C@@]23OC(O)C[C@@]12[C@@H](O)[C@@](C)(CO)[C@@]3(C)CO. The second kappa shape index (κ2) is 3.84. The lowest BCUT2D eigenvalue weighted by atomic mass is 9.61. The number of ether oxygens (including phenoxy) is 1. The lowest BCUT2D eigenvalue weighted by Gasteiger charge is -2.48. The van der Waals surface area contributed by atoms with Gasteiger partial charge in [0.15, 0.2) is 6.29 Å². The maximum atomic E-state index is 11.0. The molecule has 5 heteroatoms. The van der Waals surface area contributed by atoms with Crippen LogP contribution in [0.15, 0.2) is 11.6 Å². The third-order valence-corrected chi connectivity index (χ3v) is 6.82. The summed E-state index contributed by atoms with van der Waals surface area (Å²) in [6.45, 7) is 5.13. The van der Waals surface area contributed by atoms with Gasteiger partial charge >= 0.3 is 0 Å². The molecule has 1 saturated heterocycles. The lowest BCUT2D eigenvalue weighted by Crippen LogP contribution is -2.55. The second-order valence-corrected chi connectivity index (χ2v) is 7.13. The highest BCUT2D eigenvalue weighted by Gasteiger charge is 2.83. The van der Waals surface area contributed by atoms with Crippen LogP contribution in [0, 0.1) is 16.2 Å². The number of aliphatic hydroxyl groups is 4. The van der Waals surface area contributed by atoms with Gasteiger partial charge in [-0.25, -0.2) is 0 Å². The molecule has 0 amide bonds. The van der Waals surface area contributed by atoms with Crippen molar-refractivity contribution in [1.29, 1.82) is 0 Å². The fraction of sp³-hybridized carbons (Fsp3) is 0.867. The highest BCUT2D eigenvalue weighted by Crippen LogP contribution is 2.76. The van der Waals surface area contributed by atoms with Gasteiger partial charge in [0.25, 0.3) is 0 Å². The molecule has 2 aliphatic carbocycles. The van der Waals surface area contributed by atoms with E-state index in [0.717, 1.165) is 5.57 Å². The summed E-state index contributed by atoms with van der Waals surface area (Å²) in [4.78, 5) is 0. The van der Waals surface area contributed by atoms with Crippen LogP contribution in [0.3, 0.4) is 0 Å². The molecule has 4 N–H and O–H groups in total. The van der Waals surface area contributed by atoms with Crippen LogP contribution in [0.25, 0.3) is 0 Å². The summed E-state index contributed by atoms with van der Waals surface area (Å²) < 4.78 is 5.90. The van der Waals surface area contributed by atoms with Crippen molar-refractivity contribution in [2.24, 2.45) is 16.2 Å². The molecule has 1 unspecified atom stereocenters. The maximum Gasteiger partial charge on any atom is 0.156 e. The largest absolute Gasteiger partial charge is 0.396 e. The molecule has 5 nitrogen and oxygen atoms in total. The highest BCUT2D eigenvalue weighted by molar-refractivity contribution is 5.42. The summed E-state index contributed by atoms with van der Waals surface area (Å²) in [7, 11) is 0. The van der Waals surface area contributed by atoms with Crippen LogP contribution in [0.4, 0.5) is 0 Å². The monoisotopic (exact) mass is 284 g/mol. The van der Waals surface area contributed by atoms with Gasteiger partial charge in [0.1, 0.15) is 0 Å². The number of rotatable bonds is 2. The molecule has 0 spiro atoms. The lowest BCUT2D eigenvalue weighted by molar-refractivity contribution is -0.213. The van der Waals surface area contributed by atoms with Gasteiger partial charge in [0.05, 0.1) is 30.3 Å². The van der Waals surface area contributed by atoms with Gasteiger partial charge in [-0.3, -0.25) is 0 Å². The first-order valence-corrected chi connectivity index (χ1v) is 7.19. The zero-order chi connectivity index (χ0) is 15.0.